The number of nitrogens with one attached hydrogen (secondary N) is 1. The number of carbonyl (C=O) groups excluding carboxylic acids is 1. The SMILES string of the molecule is CC(CCc1ccccc1)NC(=O)COc1ccc2ccccc2c1. The molecule has 0 aliphatic rings. The van der Waals surface area contributed by atoms with Crippen LogP contribution in [-0.2, 0) is 11.2 Å². The largest absolute Gasteiger partial charge is 0.484 e. The van der Waals surface area contributed by atoms with Crippen molar-refractivity contribution in [3.8, 4) is 5.75 Å². The molecule has 0 aliphatic carbocycles. The van der Waals surface area contributed by atoms with Gasteiger partial charge >= 0.3 is 0 Å². The summed E-state index contributed by atoms with van der Waals surface area (Å²) >= 11 is 0. The lowest BCUT2D eigenvalue weighted by molar-refractivity contribution is -0.123. The number of benzene rings is 3. The zero-order chi connectivity index (χ0) is 17.5. The van der Waals surface area contributed by atoms with E-state index in [2.05, 4.69) is 23.5 Å². The molecular weight excluding hydrogens is 310 g/mol. The first-order chi connectivity index (χ1) is 12.2. The van der Waals surface area contributed by atoms with Crippen molar-refractivity contribution >= 4 is 16.7 Å². The Labute approximate surface area is 148 Å². The smallest absolute Gasteiger partial charge is 0.258 e. The summed E-state index contributed by atoms with van der Waals surface area (Å²) in [6, 6.07) is 24.4. The minimum absolute atomic E-state index is 0.0357. The van der Waals surface area contributed by atoms with Gasteiger partial charge in [0.25, 0.3) is 5.91 Å². The fourth-order valence-corrected chi connectivity index (χ4v) is 2.82. The third-order valence-corrected chi connectivity index (χ3v) is 4.21. The van der Waals surface area contributed by atoms with E-state index < -0.39 is 0 Å². The first kappa shape index (κ1) is 17.0. The van der Waals surface area contributed by atoms with Crippen LogP contribution in [-0.4, -0.2) is 18.6 Å². The van der Waals surface area contributed by atoms with Crippen LogP contribution in [0, 0.1) is 0 Å². The van der Waals surface area contributed by atoms with Gasteiger partial charge in [0.1, 0.15) is 5.75 Å². The number of rotatable bonds is 7. The van der Waals surface area contributed by atoms with E-state index in [1.807, 2.05) is 61.5 Å². The molecule has 3 aromatic carbocycles. The summed E-state index contributed by atoms with van der Waals surface area (Å²) < 4.78 is 5.63. The van der Waals surface area contributed by atoms with E-state index in [4.69, 9.17) is 4.74 Å². The average Bonchev–Trinajstić information content (AvgIpc) is 2.65. The minimum atomic E-state index is -0.0891. The van der Waals surface area contributed by atoms with E-state index in [1.54, 1.807) is 0 Å². The molecular formula is C22H23NO2. The van der Waals surface area contributed by atoms with Crippen molar-refractivity contribution in [3.63, 3.8) is 0 Å². The highest BCUT2D eigenvalue weighted by Gasteiger charge is 2.08. The van der Waals surface area contributed by atoms with Crippen LogP contribution in [0.4, 0.5) is 0 Å². The molecule has 0 radical (unpaired) electrons. The van der Waals surface area contributed by atoms with Crippen LogP contribution < -0.4 is 10.1 Å². The lowest BCUT2D eigenvalue weighted by atomic mass is 10.1. The van der Waals surface area contributed by atoms with E-state index in [-0.39, 0.29) is 18.6 Å². The number of aryl methyl sites for hydroxylation is 1. The van der Waals surface area contributed by atoms with Crippen molar-refractivity contribution in [2.75, 3.05) is 6.61 Å². The zero-order valence-electron chi connectivity index (χ0n) is 14.4. The van der Waals surface area contributed by atoms with E-state index >= 15 is 0 Å². The maximum absolute atomic E-state index is 12.1. The van der Waals surface area contributed by atoms with Gasteiger partial charge in [-0.1, -0.05) is 60.7 Å². The van der Waals surface area contributed by atoms with Crippen molar-refractivity contribution in [1.82, 2.24) is 5.32 Å². The molecule has 3 heteroatoms. The number of carbonyl (C=O) groups is 1. The van der Waals surface area contributed by atoms with Crippen LogP contribution >= 0.6 is 0 Å². The Morgan fingerprint density at radius 3 is 2.48 bits per heavy atom. The second-order valence-electron chi connectivity index (χ2n) is 6.29. The number of ether oxygens (including phenoxy) is 1. The maximum Gasteiger partial charge on any atom is 0.258 e. The van der Waals surface area contributed by atoms with Gasteiger partial charge in [-0.15, -0.1) is 0 Å². The molecule has 1 unspecified atom stereocenters. The summed E-state index contributed by atoms with van der Waals surface area (Å²) in [5, 5.41) is 5.26. The molecule has 0 aromatic heterocycles. The standard InChI is InChI=1S/C22H23NO2/c1-17(11-12-18-7-3-2-4-8-18)23-22(24)16-25-21-14-13-19-9-5-6-10-20(19)15-21/h2-10,13-15,17H,11-12,16H2,1H3,(H,23,24). The van der Waals surface area contributed by atoms with Crippen LogP contribution in [0.2, 0.25) is 0 Å². The van der Waals surface area contributed by atoms with E-state index in [9.17, 15) is 4.79 Å². The van der Waals surface area contributed by atoms with Crippen LogP contribution in [0.1, 0.15) is 18.9 Å². The monoisotopic (exact) mass is 333 g/mol. The molecule has 25 heavy (non-hydrogen) atoms. The van der Waals surface area contributed by atoms with Gasteiger partial charge in [0.15, 0.2) is 6.61 Å². The highest BCUT2D eigenvalue weighted by Crippen LogP contribution is 2.20. The van der Waals surface area contributed by atoms with Crippen molar-refractivity contribution in [1.29, 1.82) is 0 Å². The van der Waals surface area contributed by atoms with E-state index in [1.165, 1.54) is 5.56 Å². The third kappa shape index (κ3) is 5.08. The van der Waals surface area contributed by atoms with Crippen molar-refractivity contribution in [2.45, 2.75) is 25.8 Å². The predicted octanol–water partition coefficient (Wildman–Crippen LogP) is 4.36. The third-order valence-electron chi connectivity index (χ3n) is 4.21. The van der Waals surface area contributed by atoms with Gasteiger partial charge < -0.3 is 10.1 Å². The molecule has 3 rings (SSSR count). The molecule has 3 aromatic rings. The summed E-state index contributed by atoms with van der Waals surface area (Å²) in [6.07, 6.45) is 1.86. The summed E-state index contributed by atoms with van der Waals surface area (Å²) in [5.74, 6) is 0.625. The van der Waals surface area contributed by atoms with Crippen molar-refractivity contribution in [3.05, 3.63) is 78.4 Å². The van der Waals surface area contributed by atoms with Crippen molar-refractivity contribution in [2.24, 2.45) is 0 Å². The van der Waals surface area contributed by atoms with E-state index in [0.29, 0.717) is 5.75 Å². The summed E-state index contributed by atoms with van der Waals surface area (Å²) in [5.41, 5.74) is 1.29. The molecule has 0 bridgehead atoms. The Morgan fingerprint density at radius 2 is 1.68 bits per heavy atom. The molecule has 0 heterocycles. The molecule has 1 atom stereocenters. The van der Waals surface area contributed by atoms with Gasteiger partial charge in [-0.25, -0.2) is 0 Å². The maximum atomic E-state index is 12.1. The van der Waals surface area contributed by atoms with Gasteiger partial charge in [-0.05, 0) is 48.2 Å². The number of hydrogen-bond donors (Lipinski definition) is 1. The molecule has 1 N–H and O–H groups in total. The van der Waals surface area contributed by atoms with E-state index in [0.717, 1.165) is 23.6 Å². The Hall–Kier alpha value is -2.81. The summed E-state index contributed by atoms with van der Waals surface area (Å²) in [6.45, 7) is 2.06. The first-order valence-corrected chi connectivity index (χ1v) is 8.65. The van der Waals surface area contributed by atoms with Gasteiger partial charge in [0, 0.05) is 6.04 Å². The number of amides is 1. The van der Waals surface area contributed by atoms with Gasteiger partial charge in [-0.3, -0.25) is 4.79 Å². The van der Waals surface area contributed by atoms with Crippen LogP contribution in [0.3, 0.4) is 0 Å². The lowest BCUT2D eigenvalue weighted by Gasteiger charge is -2.14. The van der Waals surface area contributed by atoms with Crippen LogP contribution in [0.25, 0.3) is 10.8 Å². The minimum Gasteiger partial charge on any atom is -0.484 e. The fourth-order valence-electron chi connectivity index (χ4n) is 2.82. The summed E-state index contributed by atoms with van der Waals surface area (Å²) in [4.78, 5) is 12.1. The first-order valence-electron chi connectivity index (χ1n) is 8.65. The molecule has 0 aliphatic heterocycles. The predicted molar refractivity (Wildman–Crippen MR) is 102 cm³/mol. The topological polar surface area (TPSA) is 38.3 Å². The number of hydrogen-bond acceptors (Lipinski definition) is 2. The molecule has 0 fully saturated rings. The highest BCUT2D eigenvalue weighted by atomic mass is 16.5. The Morgan fingerprint density at radius 1 is 0.960 bits per heavy atom. The Balaban J connectivity index is 1.45. The van der Waals surface area contributed by atoms with Gasteiger partial charge in [0.2, 0.25) is 0 Å². The lowest BCUT2D eigenvalue weighted by Crippen LogP contribution is -2.36. The Bertz CT molecular complexity index is 830. The molecule has 0 saturated carbocycles. The molecule has 0 saturated heterocycles. The molecule has 1 amide bonds. The molecule has 128 valence electrons. The second-order valence-corrected chi connectivity index (χ2v) is 6.29. The summed E-state index contributed by atoms with van der Waals surface area (Å²) in [7, 11) is 0. The molecule has 3 nitrogen and oxygen atoms in total. The fraction of sp³-hybridized carbons (Fsp3) is 0.227. The van der Waals surface area contributed by atoms with Gasteiger partial charge in [0.05, 0.1) is 0 Å². The normalized spacial score (nSPS) is 11.9. The van der Waals surface area contributed by atoms with Crippen LogP contribution in [0.15, 0.2) is 72.8 Å². The second kappa shape index (κ2) is 8.34. The molecule has 0 spiro atoms. The number of fused-ring (bicyclic) bond motifs is 1. The Kier molecular flexibility index (Phi) is 5.68. The van der Waals surface area contributed by atoms with Crippen molar-refractivity contribution < 1.29 is 9.53 Å². The average molecular weight is 333 g/mol. The van der Waals surface area contributed by atoms with Crippen LogP contribution in [0.5, 0.6) is 5.75 Å². The quantitative estimate of drug-likeness (QED) is 0.698. The highest BCUT2D eigenvalue weighted by molar-refractivity contribution is 5.84. The van der Waals surface area contributed by atoms with Gasteiger partial charge in [-0.2, -0.15) is 0 Å². The zero-order valence-corrected chi connectivity index (χ0v) is 14.4.